The molecule has 0 saturated heterocycles. The van der Waals surface area contributed by atoms with Gasteiger partial charge in [-0.3, -0.25) is 4.79 Å². The quantitative estimate of drug-likeness (QED) is 0.603. The Labute approximate surface area is 163 Å². The molecule has 0 atom stereocenters. The average Bonchev–Trinajstić information content (AvgIpc) is 3.09. The van der Waals surface area contributed by atoms with E-state index in [4.69, 9.17) is 0 Å². The predicted molar refractivity (Wildman–Crippen MR) is 105 cm³/mol. The van der Waals surface area contributed by atoms with Crippen molar-refractivity contribution in [2.45, 2.75) is 6.42 Å². The van der Waals surface area contributed by atoms with E-state index in [0.29, 0.717) is 16.9 Å². The summed E-state index contributed by atoms with van der Waals surface area (Å²) in [5, 5.41) is 5.52. The lowest BCUT2D eigenvalue weighted by atomic mass is 10.2. The number of halogens is 1. The van der Waals surface area contributed by atoms with Crippen LogP contribution in [0.2, 0.25) is 0 Å². The SMILES string of the molecule is COC(=O)c1cccc(NC(=O)Cc2csc(-c3cccc(Br)c3)n2)c1. The van der Waals surface area contributed by atoms with Crippen molar-refractivity contribution in [1.29, 1.82) is 0 Å². The van der Waals surface area contributed by atoms with Crippen LogP contribution >= 0.6 is 27.3 Å². The Bertz CT molecular complexity index is 955. The smallest absolute Gasteiger partial charge is 0.337 e. The highest BCUT2D eigenvalue weighted by Gasteiger charge is 2.11. The van der Waals surface area contributed by atoms with Crippen LogP contribution in [0, 0.1) is 0 Å². The lowest BCUT2D eigenvalue weighted by Gasteiger charge is -2.06. The Balaban J connectivity index is 1.67. The van der Waals surface area contributed by atoms with Crippen molar-refractivity contribution in [3.63, 3.8) is 0 Å². The summed E-state index contributed by atoms with van der Waals surface area (Å²) in [7, 11) is 1.32. The fourth-order valence-corrected chi connectivity index (χ4v) is 3.57. The maximum absolute atomic E-state index is 12.3. The van der Waals surface area contributed by atoms with Gasteiger partial charge in [-0.2, -0.15) is 0 Å². The number of methoxy groups -OCH3 is 1. The number of carbonyl (C=O) groups is 2. The van der Waals surface area contributed by atoms with Crippen molar-refractivity contribution in [3.05, 3.63) is 69.6 Å². The molecule has 3 rings (SSSR count). The summed E-state index contributed by atoms with van der Waals surface area (Å²) >= 11 is 4.94. The molecular weight excluding hydrogens is 416 g/mol. The Morgan fingerprint density at radius 1 is 1.19 bits per heavy atom. The monoisotopic (exact) mass is 430 g/mol. The number of nitrogens with zero attached hydrogens (tertiary/aromatic N) is 1. The minimum Gasteiger partial charge on any atom is -0.465 e. The van der Waals surface area contributed by atoms with Crippen LogP contribution in [0.5, 0.6) is 0 Å². The van der Waals surface area contributed by atoms with Crippen molar-refractivity contribution < 1.29 is 14.3 Å². The summed E-state index contributed by atoms with van der Waals surface area (Å²) in [6.45, 7) is 0. The molecule has 0 bridgehead atoms. The van der Waals surface area contributed by atoms with E-state index in [1.54, 1.807) is 24.3 Å². The summed E-state index contributed by atoms with van der Waals surface area (Å²) in [4.78, 5) is 28.3. The molecule has 5 nitrogen and oxygen atoms in total. The Kier molecular flexibility index (Phi) is 5.80. The molecule has 0 radical (unpaired) electrons. The Morgan fingerprint density at radius 3 is 2.77 bits per heavy atom. The van der Waals surface area contributed by atoms with Crippen molar-refractivity contribution in [2.24, 2.45) is 0 Å². The molecule has 3 aromatic rings. The maximum atomic E-state index is 12.3. The second kappa shape index (κ2) is 8.25. The zero-order chi connectivity index (χ0) is 18.5. The largest absolute Gasteiger partial charge is 0.465 e. The van der Waals surface area contributed by atoms with E-state index < -0.39 is 5.97 Å². The molecule has 2 aromatic carbocycles. The molecule has 0 fully saturated rings. The third-order valence-electron chi connectivity index (χ3n) is 3.53. The number of nitrogens with one attached hydrogen (secondary N) is 1. The third kappa shape index (κ3) is 4.56. The van der Waals surface area contributed by atoms with Gasteiger partial charge in [-0.15, -0.1) is 11.3 Å². The number of benzene rings is 2. The standard InChI is InChI=1S/C19H15BrN2O3S/c1-25-19(24)13-5-3-7-15(9-13)21-17(23)10-16-11-26-18(22-16)12-4-2-6-14(20)8-12/h2-9,11H,10H2,1H3,(H,21,23). The van der Waals surface area contributed by atoms with Crippen molar-refractivity contribution in [1.82, 2.24) is 4.98 Å². The van der Waals surface area contributed by atoms with Crippen molar-refractivity contribution in [2.75, 3.05) is 12.4 Å². The lowest BCUT2D eigenvalue weighted by Crippen LogP contribution is -2.15. The highest BCUT2D eigenvalue weighted by Crippen LogP contribution is 2.26. The molecule has 132 valence electrons. The van der Waals surface area contributed by atoms with Crippen LogP contribution in [-0.4, -0.2) is 24.0 Å². The number of aromatic nitrogens is 1. The van der Waals surface area contributed by atoms with Gasteiger partial charge < -0.3 is 10.1 Å². The summed E-state index contributed by atoms with van der Waals surface area (Å²) < 4.78 is 5.66. The van der Waals surface area contributed by atoms with E-state index in [1.165, 1.54) is 18.4 Å². The highest BCUT2D eigenvalue weighted by atomic mass is 79.9. The fraction of sp³-hybridized carbons (Fsp3) is 0.105. The van der Waals surface area contributed by atoms with Gasteiger partial charge >= 0.3 is 5.97 Å². The summed E-state index contributed by atoms with van der Waals surface area (Å²) in [5.74, 6) is -0.641. The van der Waals surface area contributed by atoms with E-state index in [2.05, 4.69) is 31.0 Å². The number of rotatable bonds is 5. The van der Waals surface area contributed by atoms with E-state index in [-0.39, 0.29) is 12.3 Å². The number of esters is 1. The molecule has 1 amide bonds. The molecule has 26 heavy (non-hydrogen) atoms. The molecule has 0 spiro atoms. The normalized spacial score (nSPS) is 10.4. The molecule has 1 aromatic heterocycles. The predicted octanol–water partition coefficient (Wildman–Crippen LogP) is 4.54. The summed E-state index contributed by atoms with van der Waals surface area (Å²) in [6, 6.07) is 14.5. The second-order valence-corrected chi connectivity index (χ2v) is 7.23. The van der Waals surface area contributed by atoms with Gasteiger partial charge in [0.15, 0.2) is 0 Å². The van der Waals surface area contributed by atoms with Crippen molar-refractivity contribution >= 4 is 44.8 Å². The topological polar surface area (TPSA) is 68.3 Å². The van der Waals surface area contributed by atoms with E-state index in [9.17, 15) is 9.59 Å². The van der Waals surface area contributed by atoms with Gasteiger partial charge in [-0.25, -0.2) is 9.78 Å². The van der Waals surface area contributed by atoms with Crippen LogP contribution in [-0.2, 0) is 16.0 Å². The summed E-state index contributed by atoms with van der Waals surface area (Å²) in [6.07, 6.45) is 0.160. The van der Waals surface area contributed by atoms with Crippen LogP contribution in [0.3, 0.4) is 0 Å². The van der Waals surface area contributed by atoms with Gasteiger partial charge in [-0.05, 0) is 30.3 Å². The number of amides is 1. The van der Waals surface area contributed by atoms with Gasteiger partial charge in [0.2, 0.25) is 5.91 Å². The number of carbonyl (C=O) groups excluding carboxylic acids is 2. The third-order valence-corrected chi connectivity index (χ3v) is 4.97. The first kappa shape index (κ1) is 18.3. The fourth-order valence-electron chi connectivity index (χ4n) is 2.35. The van der Waals surface area contributed by atoms with Crippen LogP contribution in [0.1, 0.15) is 16.1 Å². The summed E-state index contributed by atoms with van der Waals surface area (Å²) in [5.41, 5.74) is 2.63. The van der Waals surface area contributed by atoms with E-state index in [0.717, 1.165) is 15.0 Å². The molecule has 1 heterocycles. The van der Waals surface area contributed by atoms with Crippen LogP contribution in [0.15, 0.2) is 58.4 Å². The van der Waals surface area contributed by atoms with Gasteiger partial charge in [0.1, 0.15) is 5.01 Å². The molecule has 0 aliphatic heterocycles. The number of ether oxygens (including phenoxy) is 1. The molecule has 0 unspecified atom stereocenters. The van der Waals surface area contributed by atoms with Crippen LogP contribution < -0.4 is 5.32 Å². The van der Waals surface area contributed by atoms with Crippen LogP contribution in [0.25, 0.3) is 10.6 Å². The Hall–Kier alpha value is -2.51. The maximum Gasteiger partial charge on any atom is 0.337 e. The number of hydrogen-bond donors (Lipinski definition) is 1. The number of thiazole rings is 1. The molecule has 1 N–H and O–H groups in total. The first-order valence-corrected chi connectivity index (χ1v) is 9.41. The van der Waals surface area contributed by atoms with Gasteiger partial charge in [0, 0.05) is 21.1 Å². The first-order chi connectivity index (χ1) is 12.5. The molecular formula is C19H15BrN2O3S. The molecule has 0 saturated carbocycles. The van der Waals surface area contributed by atoms with Gasteiger partial charge in [-0.1, -0.05) is 34.1 Å². The van der Waals surface area contributed by atoms with E-state index >= 15 is 0 Å². The number of hydrogen-bond acceptors (Lipinski definition) is 5. The van der Waals surface area contributed by atoms with Crippen molar-refractivity contribution in [3.8, 4) is 10.6 Å². The molecule has 0 aliphatic rings. The zero-order valence-electron chi connectivity index (χ0n) is 13.9. The zero-order valence-corrected chi connectivity index (χ0v) is 16.3. The number of anilines is 1. The van der Waals surface area contributed by atoms with Gasteiger partial charge in [0.25, 0.3) is 0 Å². The van der Waals surface area contributed by atoms with E-state index in [1.807, 2.05) is 29.6 Å². The van der Waals surface area contributed by atoms with Crippen LogP contribution in [0.4, 0.5) is 5.69 Å². The van der Waals surface area contributed by atoms with Gasteiger partial charge in [0.05, 0.1) is 24.8 Å². The first-order valence-electron chi connectivity index (χ1n) is 7.74. The lowest BCUT2D eigenvalue weighted by molar-refractivity contribution is -0.115. The second-order valence-electron chi connectivity index (χ2n) is 5.45. The Morgan fingerprint density at radius 2 is 2.00 bits per heavy atom. The highest BCUT2D eigenvalue weighted by molar-refractivity contribution is 9.10. The molecule has 0 aliphatic carbocycles. The minimum absolute atomic E-state index is 0.160. The average molecular weight is 431 g/mol. The minimum atomic E-state index is -0.445. The molecule has 7 heteroatoms.